The first-order valence-electron chi connectivity index (χ1n) is 10.5. The second-order valence-corrected chi connectivity index (χ2v) is 8.80. The third-order valence-corrected chi connectivity index (χ3v) is 5.07. The Bertz CT molecular complexity index is 1250. The van der Waals surface area contributed by atoms with Gasteiger partial charge in [-0.1, -0.05) is 29.8 Å². The molecule has 33 heavy (non-hydrogen) atoms. The summed E-state index contributed by atoms with van der Waals surface area (Å²) in [4.78, 5) is 29.5. The highest BCUT2D eigenvalue weighted by Gasteiger charge is 2.14. The van der Waals surface area contributed by atoms with Crippen LogP contribution in [0.15, 0.2) is 50.8 Å². The molecule has 0 N–H and O–H groups in total. The number of benzene rings is 2. The van der Waals surface area contributed by atoms with Crippen LogP contribution in [0.25, 0.3) is 10.9 Å². The van der Waals surface area contributed by atoms with Crippen molar-refractivity contribution in [2.24, 2.45) is 5.10 Å². The summed E-state index contributed by atoms with van der Waals surface area (Å²) >= 11 is 3.40. The maximum atomic E-state index is 13.1. The number of halogens is 1. The number of aromatic nitrogens is 2. The molecule has 8 nitrogen and oxygen atoms in total. The molecule has 0 radical (unpaired) electrons. The van der Waals surface area contributed by atoms with Gasteiger partial charge in [-0.3, -0.25) is 4.79 Å². The Morgan fingerprint density at radius 1 is 1.15 bits per heavy atom. The van der Waals surface area contributed by atoms with E-state index < -0.39 is 5.97 Å². The van der Waals surface area contributed by atoms with Crippen LogP contribution in [0.3, 0.4) is 0 Å². The summed E-state index contributed by atoms with van der Waals surface area (Å²) in [6.07, 6.45) is 1.34. The molecule has 9 heteroatoms. The van der Waals surface area contributed by atoms with Crippen molar-refractivity contribution in [1.82, 2.24) is 9.66 Å². The van der Waals surface area contributed by atoms with Crippen LogP contribution < -0.4 is 15.0 Å². The second-order valence-electron chi connectivity index (χ2n) is 7.89. The smallest absolute Gasteiger partial charge is 0.344 e. The summed E-state index contributed by atoms with van der Waals surface area (Å²) in [5.41, 5.74) is 1.05. The van der Waals surface area contributed by atoms with Gasteiger partial charge in [-0.25, -0.2) is 9.78 Å². The molecule has 0 amide bonds. The third kappa shape index (κ3) is 5.98. The van der Waals surface area contributed by atoms with Gasteiger partial charge in [0.25, 0.3) is 5.56 Å². The van der Waals surface area contributed by atoms with Gasteiger partial charge in [0.1, 0.15) is 5.82 Å². The SMILES string of the molecule is COc1cc(C=Nn2c(C(C)C)nc3ccc(Br)cc3c2=O)ccc1OCC(=O)OC(C)C. The van der Waals surface area contributed by atoms with E-state index >= 15 is 0 Å². The molecule has 0 aliphatic carbocycles. The molecule has 0 aliphatic heterocycles. The van der Waals surface area contributed by atoms with E-state index in [0.29, 0.717) is 33.8 Å². The van der Waals surface area contributed by atoms with E-state index in [0.717, 1.165) is 4.47 Å². The van der Waals surface area contributed by atoms with Gasteiger partial charge in [0.15, 0.2) is 18.1 Å². The van der Waals surface area contributed by atoms with Gasteiger partial charge in [0, 0.05) is 10.4 Å². The normalized spacial score (nSPS) is 11.5. The second kappa shape index (κ2) is 10.6. The van der Waals surface area contributed by atoms with E-state index in [-0.39, 0.29) is 24.2 Å². The Hall–Kier alpha value is -3.20. The van der Waals surface area contributed by atoms with Crippen LogP contribution in [0.2, 0.25) is 0 Å². The van der Waals surface area contributed by atoms with Crippen LogP contribution in [-0.2, 0) is 9.53 Å². The molecule has 0 unspecified atom stereocenters. The average molecular weight is 516 g/mol. The molecule has 3 rings (SSSR count). The van der Waals surface area contributed by atoms with Crippen LogP contribution in [-0.4, -0.2) is 41.7 Å². The number of rotatable bonds is 8. The monoisotopic (exact) mass is 515 g/mol. The van der Waals surface area contributed by atoms with E-state index in [1.54, 1.807) is 50.4 Å². The Labute approximate surface area is 200 Å². The standard InChI is InChI=1S/C24H26BrN3O5/c1-14(2)23-27-19-8-7-17(25)11-18(19)24(30)28(23)26-12-16-6-9-20(21(10-16)31-5)32-13-22(29)33-15(3)4/h6-12,14-15H,13H2,1-5H3. The molecule has 0 saturated heterocycles. The van der Waals surface area contributed by atoms with Crippen molar-refractivity contribution in [2.45, 2.75) is 39.7 Å². The fourth-order valence-corrected chi connectivity index (χ4v) is 3.45. The molecule has 0 aliphatic rings. The highest BCUT2D eigenvalue weighted by atomic mass is 79.9. The fraction of sp³-hybridized carbons (Fsp3) is 0.333. The Morgan fingerprint density at radius 3 is 2.58 bits per heavy atom. The lowest BCUT2D eigenvalue weighted by molar-refractivity contribution is -0.149. The Kier molecular flexibility index (Phi) is 7.86. The van der Waals surface area contributed by atoms with Crippen LogP contribution in [0.1, 0.15) is 45.0 Å². The van der Waals surface area contributed by atoms with Crippen LogP contribution >= 0.6 is 15.9 Å². The predicted octanol–water partition coefficient (Wildman–Crippen LogP) is 4.50. The summed E-state index contributed by atoms with van der Waals surface area (Å²) in [7, 11) is 1.50. The van der Waals surface area contributed by atoms with Gasteiger partial charge in [-0.2, -0.15) is 9.78 Å². The highest BCUT2D eigenvalue weighted by molar-refractivity contribution is 9.10. The average Bonchev–Trinajstić information content (AvgIpc) is 2.76. The van der Waals surface area contributed by atoms with E-state index in [1.807, 2.05) is 19.9 Å². The van der Waals surface area contributed by atoms with Crippen LogP contribution in [0, 0.1) is 0 Å². The lowest BCUT2D eigenvalue weighted by Crippen LogP contribution is -2.23. The van der Waals surface area contributed by atoms with Crippen molar-refractivity contribution in [3.8, 4) is 11.5 Å². The lowest BCUT2D eigenvalue weighted by Gasteiger charge is -2.13. The van der Waals surface area contributed by atoms with Gasteiger partial charge in [-0.15, -0.1) is 0 Å². The number of hydrogen-bond acceptors (Lipinski definition) is 7. The van der Waals surface area contributed by atoms with E-state index in [4.69, 9.17) is 14.2 Å². The maximum Gasteiger partial charge on any atom is 0.344 e. The summed E-state index contributed by atoms with van der Waals surface area (Å²) < 4.78 is 18.1. The minimum atomic E-state index is -0.464. The van der Waals surface area contributed by atoms with Gasteiger partial charge in [0.2, 0.25) is 0 Å². The van der Waals surface area contributed by atoms with Crippen molar-refractivity contribution in [1.29, 1.82) is 0 Å². The summed E-state index contributed by atoms with van der Waals surface area (Å²) in [5.74, 6) is 0.898. The molecule has 1 heterocycles. The van der Waals surface area contributed by atoms with E-state index in [2.05, 4.69) is 26.0 Å². The van der Waals surface area contributed by atoms with E-state index in [1.165, 1.54) is 11.8 Å². The summed E-state index contributed by atoms with van der Waals surface area (Å²) in [6, 6.07) is 10.5. The molecule has 0 fully saturated rings. The molecule has 1 aromatic heterocycles. The number of fused-ring (bicyclic) bond motifs is 1. The highest BCUT2D eigenvalue weighted by Crippen LogP contribution is 2.27. The number of hydrogen-bond donors (Lipinski definition) is 0. The van der Waals surface area contributed by atoms with Gasteiger partial charge < -0.3 is 14.2 Å². The first-order valence-corrected chi connectivity index (χ1v) is 11.3. The number of methoxy groups -OCH3 is 1. The number of esters is 1. The predicted molar refractivity (Wildman–Crippen MR) is 131 cm³/mol. The largest absolute Gasteiger partial charge is 0.493 e. The van der Waals surface area contributed by atoms with Gasteiger partial charge >= 0.3 is 5.97 Å². The van der Waals surface area contributed by atoms with Crippen LogP contribution in [0.5, 0.6) is 11.5 Å². The van der Waals surface area contributed by atoms with Crippen molar-refractivity contribution >= 4 is 39.0 Å². The molecule has 0 bridgehead atoms. The Balaban J connectivity index is 1.91. The van der Waals surface area contributed by atoms with Crippen LogP contribution in [0.4, 0.5) is 0 Å². The minimum Gasteiger partial charge on any atom is -0.493 e. The fourth-order valence-electron chi connectivity index (χ4n) is 3.09. The summed E-state index contributed by atoms with van der Waals surface area (Å²) in [6.45, 7) is 7.22. The van der Waals surface area contributed by atoms with Crippen molar-refractivity contribution < 1.29 is 19.0 Å². The molecular formula is C24H26BrN3O5. The molecule has 0 atom stereocenters. The molecule has 3 aromatic rings. The van der Waals surface area contributed by atoms with E-state index in [9.17, 15) is 9.59 Å². The molecule has 174 valence electrons. The van der Waals surface area contributed by atoms with Crippen molar-refractivity contribution in [3.63, 3.8) is 0 Å². The quantitative estimate of drug-likeness (QED) is 0.323. The minimum absolute atomic E-state index is 0.0150. The molecule has 0 spiro atoms. The van der Waals surface area contributed by atoms with Crippen molar-refractivity contribution in [3.05, 3.63) is 62.6 Å². The topological polar surface area (TPSA) is 92.0 Å². The summed E-state index contributed by atoms with van der Waals surface area (Å²) in [5, 5.41) is 4.89. The van der Waals surface area contributed by atoms with Crippen molar-refractivity contribution in [2.75, 3.05) is 13.7 Å². The number of carbonyl (C=O) groups excluding carboxylic acids is 1. The lowest BCUT2D eigenvalue weighted by atomic mass is 10.2. The van der Waals surface area contributed by atoms with Gasteiger partial charge in [0.05, 0.1) is 30.3 Å². The molecule has 2 aromatic carbocycles. The number of carbonyl (C=O) groups is 1. The molecule has 0 saturated carbocycles. The first-order chi connectivity index (χ1) is 15.7. The maximum absolute atomic E-state index is 13.1. The van der Waals surface area contributed by atoms with Gasteiger partial charge in [-0.05, 0) is 55.8 Å². The zero-order valence-corrected chi connectivity index (χ0v) is 20.8. The number of ether oxygens (including phenoxy) is 3. The zero-order chi connectivity index (χ0) is 24.1. The number of nitrogens with zero attached hydrogens (tertiary/aromatic N) is 3. The Morgan fingerprint density at radius 2 is 1.91 bits per heavy atom. The molecular weight excluding hydrogens is 490 g/mol. The third-order valence-electron chi connectivity index (χ3n) is 4.57. The zero-order valence-electron chi connectivity index (χ0n) is 19.2. The first kappa shape index (κ1) is 24.4.